The summed E-state index contributed by atoms with van der Waals surface area (Å²) >= 11 is 0. The van der Waals surface area contributed by atoms with Crippen LogP contribution < -0.4 is 9.47 Å². The first-order valence-electron chi connectivity index (χ1n) is 11.0. The molecule has 0 saturated carbocycles. The zero-order valence-electron chi connectivity index (χ0n) is 19.8. The number of rotatable bonds is 3. The van der Waals surface area contributed by atoms with Gasteiger partial charge >= 0.3 is 12.1 Å². The number of pyridine rings is 1. The molecule has 10 heteroatoms. The van der Waals surface area contributed by atoms with Gasteiger partial charge in [-0.2, -0.15) is 0 Å². The number of carbonyl (C=O) groups is 2. The number of fused-ring (bicyclic) bond motifs is 3. The normalized spacial score (nSPS) is 22.0. The Balaban J connectivity index is 1.75. The van der Waals surface area contributed by atoms with Gasteiger partial charge < -0.3 is 18.9 Å². The van der Waals surface area contributed by atoms with Crippen LogP contribution in [-0.2, 0) is 20.7 Å². The van der Waals surface area contributed by atoms with Crippen LogP contribution in [0.4, 0.5) is 13.6 Å². The molecule has 34 heavy (non-hydrogen) atoms. The summed E-state index contributed by atoms with van der Waals surface area (Å²) in [6.45, 7) is 5.16. The van der Waals surface area contributed by atoms with Gasteiger partial charge in [0.1, 0.15) is 28.7 Å². The summed E-state index contributed by atoms with van der Waals surface area (Å²) in [7, 11) is 2.76. The first kappa shape index (κ1) is 24.0. The molecule has 1 aromatic carbocycles. The third-order valence-corrected chi connectivity index (χ3v) is 6.13. The van der Waals surface area contributed by atoms with Crippen LogP contribution in [0.5, 0.6) is 11.5 Å². The van der Waals surface area contributed by atoms with Gasteiger partial charge in [-0.1, -0.05) is 0 Å². The third kappa shape index (κ3) is 4.33. The number of esters is 1. The molecule has 4 rings (SSSR count). The van der Waals surface area contributed by atoms with Crippen LogP contribution in [0.15, 0.2) is 18.2 Å². The van der Waals surface area contributed by atoms with Crippen molar-refractivity contribution in [1.82, 2.24) is 9.88 Å². The zero-order valence-corrected chi connectivity index (χ0v) is 19.8. The Labute approximate surface area is 196 Å². The zero-order chi connectivity index (χ0) is 24.8. The predicted molar refractivity (Wildman–Crippen MR) is 118 cm³/mol. The van der Waals surface area contributed by atoms with Gasteiger partial charge in [0.25, 0.3) is 6.43 Å². The van der Waals surface area contributed by atoms with Gasteiger partial charge in [-0.3, -0.25) is 4.90 Å². The highest BCUT2D eigenvalue weighted by Crippen LogP contribution is 2.47. The molecule has 2 aliphatic rings. The summed E-state index contributed by atoms with van der Waals surface area (Å²) in [5.41, 5.74) is -1.27. The summed E-state index contributed by atoms with van der Waals surface area (Å²) in [4.78, 5) is 30.8. The third-order valence-electron chi connectivity index (χ3n) is 6.13. The van der Waals surface area contributed by atoms with Gasteiger partial charge in [0.05, 0.1) is 26.3 Å². The lowest BCUT2D eigenvalue weighted by Gasteiger charge is -2.36. The average Bonchev–Trinajstić information content (AvgIpc) is 3.15. The van der Waals surface area contributed by atoms with E-state index in [9.17, 15) is 18.4 Å². The monoisotopic (exact) mass is 478 g/mol. The summed E-state index contributed by atoms with van der Waals surface area (Å²) in [6, 6.07) is 4.10. The van der Waals surface area contributed by atoms with E-state index in [1.54, 1.807) is 39.0 Å². The molecule has 8 nitrogen and oxygen atoms in total. The molecule has 1 amide bonds. The maximum absolute atomic E-state index is 14.0. The molecule has 0 bridgehead atoms. The van der Waals surface area contributed by atoms with E-state index < -0.39 is 41.4 Å². The molecule has 1 fully saturated rings. The standard InChI is InChI=1S/C24H28F2N2O6/c1-23(2,3)34-22(30)28-12-24(11-17(28)21(29)32-5)9-8-14-15-10-13(31-4)6-7-16(15)27-18(20(25)26)19(14)33-24/h6-7,10,17,20H,8-9,11-12H2,1-5H3/t17-,24+/m0/s1. The molecular weight excluding hydrogens is 450 g/mol. The topological polar surface area (TPSA) is 87.2 Å². The lowest BCUT2D eigenvalue weighted by Crippen LogP contribution is -2.46. The van der Waals surface area contributed by atoms with E-state index in [4.69, 9.17) is 18.9 Å². The van der Waals surface area contributed by atoms with Gasteiger partial charge in [0.15, 0.2) is 5.75 Å². The number of halogens is 2. The van der Waals surface area contributed by atoms with Crippen molar-refractivity contribution in [3.63, 3.8) is 0 Å². The van der Waals surface area contributed by atoms with Crippen molar-refractivity contribution in [3.8, 4) is 11.5 Å². The van der Waals surface area contributed by atoms with Crippen molar-refractivity contribution < 1.29 is 37.3 Å². The highest BCUT2D eigenvalue weighted by molar-refractivity contribution is 5.87. The molecule has 0 unspecified atom stereocenters. The molecule has 2 aliphatic heterocycles. The molecule has 2 atom stereocenters. The van der Waals surface area contributed by atoms with Crippen molar-refractivity contribution >= 4 is 23.0 Å². The highest BCUT2D eigenvalue weighted by Gasteiger charge is 2.54. The molecule has 1 aromatic heterocycles. The van der Waals surface area contributed by atoms with Gasteiger partial charge in [-0.25, -0.2) is 23.4 Å². The lowest BCUT2D eigenvalue weighted by atomic mass is 9.87. The molecule has 0 aliphatic carbocycles. The fourth-order valence-corrected chi connectivity index (χ4v) is 4.63. The average molecular weight is 478 g/mol. The Kier molecular flexibility index (Phi) is 6.03. The van der Waals surface area contributed by atoms with E-state index in [2.05, 4.69) is 4.98 Å². The number of hydrogen-bond donors (Lipinski definition) is 0. The lowest BCUT2D eigenvalue weighted by molar-refractivity contribution is -0.145. The largest absolute Gasteiger partial charge is 0.497 e. The second-order valence-corrected chi connectivity index (χ2v) is 9.62. The van der Waals surface area contributed by atoms with Crippen LogP contribution in [0.1, 0.15) is 51.3 Å². The Morgan fingerprint density at radius 1 is 1.26 bits per heavy atom. The molecule has 184 valence electrons. The second kappa shape index (κ2) is 8.56. The number of nitrogens with zero attached hydrogens (tertiary/aromatic N) is 2. The number of amides is 1. The minimum Gasteiger partial charge on any atom is -0.497 e. The molecule has 1 spiro atoms. The molecule has 0 N–H and O–H groups in total. The number of likely N-dealkylation sites (tertiary alicyclic amines) is 1. The van der Waals surface area contributed by atoms with Crippen LogP contribution in [0, 0.1) is 0 Å². The molecular formula is C24H28F2N2O6. The maximum Gasteiger partial charge on any atom is 0.411 e. The molecule has 0 radical (unpaired) electrons. The Morgan fingerprint density at radius 2 is 2.00 bits per heavy atom. The highest BCUT2D eigenvalue weighted by atomic mass is 19.3. The first-order chi connectivity index (χ1) is 16.0. The predicted octanol–water partition coefficient (Wildman–Crippen LogP) is 4.43. The number of methoxy groups -OCH3 is 2. The Hall–Kier alpha value is -3.17. The fraction of sp³-hybridized carbons (Fsp3) is 0.542. The minimum atomic E-state index is -2.87. The number of alkyl halides is 2. The van der Waals surface area contributed by atoms with Crippen LogP contribution >= 0.6 is 0 Å². The summed E-state index contributed by atoms with van der Waals surface area (Å²) in [5.74, 6) is -0.0476. The van der Waals surface area contributed by atoms with Gasteiger partial charge in [0, 0.05) is 17.4 Å². The van der Waals surface area contributed by atoms with E-state index >= 15 is 0 Å². The van der Waals surface area contributed by atoms with E-state index in [-0.39, 0.29) is 18.7 Å². The Morgan fingerprint density at radius 3 is 2.62 bits per heavy atom. The number of carbonyl (C=O) groups excluding carboxylic acids is 2. The summed E-state index contributed by atoms with van der Waals surface area (Å²) < 4.78 is 50.0. The van der Waals surface area contributed by atoms with Crippen molar-refractivity contribution in [2.24, 2.45) is 0 Å². The molecule has 2 aromatic rings. The maximum atomic E-state index is 14.0. The van der Waals surface area contributed by atoms with Crippen molar-refractivity contribution in [2.75, 3.05) is 20.8 Å². The van der Waals surface area contributed by atoms with Crippen LogP contribution in [0.3, 0.4) is 0 Å². The van der Waals surface area contributed by atoms with E-state index in [1.165, 1.54) is 19.1 Å². The van der Waals surface area contributed by atoms with Crippen LogP contribution in [-0.4, -0.2) is 60.0 Å². The van der Waals surface area contributed by atoms with Crippen molar-refractivity contribution in [1.29, 1.82) is 0 Å². The number of benzene rings is 1. The quantitative estimate of drug-likeness (QED) is 0.603. The van der Waals surface area contributed by atoms with Gasteiger partial charge in [-0.05, 0) is 51.8 Å². The smallest absolute Gasteiger partial charge is 0.411 e. The Bertz CT molecular complexity index is 1130. The van der Waals surface area contributed by atoms with E-state index in [1.807, 2.05) is 0 Å². The molecule has 1 saturated heterocycles. The minimum absolute atomic E-state index is 0.0000535. The number of aryl methyl sites for hydroxylation is 1. The number of ether oxygens (including phenoxy) is 4. The van der Waals surface area contributed by atoms with Crippen molar-refractivity contribution in [2.45, 2.75) is 63.7 Å². The summed E-state index contributed by atoms with van der Waals surface area (Å²) in [6.07, 6.45) is -2.65. The van der Waals surface area contributed by atoms with Crippen LogP contribution in [0.25, 0.3) is 10.9 Å². The van der Waals surface area contributed by atoms with Gasteiger partial charge in [-0.15, -0.1) is 0 Å². The number of aromatic nitrogens is 1. The van der Waals surface area contributed by atoms with Crippen molar-refractivity contribution in [3.05, 3.63) is 29.5 Å². The van der Waals surface area contributed by atoms with Crippen LogP contribution in [0.2, 0.25) is 0 Å². The first-order valence-corrected chi connectivity index (χ1v) is 11.0. The van der Waals surface area contributed by atoms with Gasteiger partial charge in [0.2, 0.25) is 0 Å². The fourth-order valence-electron chi connectivity index (χ4n) is 4.63. The number of hydrogen-bond acceptors (Lipinski definition) is 7. The van der Waals surface area contributed by atoms with E-state index in [0.29, 0.717) is 35.1 Å². The summed E-state index contributed by atoms with van der Waals surface area (Å²) in [5, 5.41) is 0.667. The second-order valence-electron chi connectivity index (χ2n) is 9.62. The van der Waals surface area contributed by atoms with E-state index in [0.717, 1.165) is 0 Å². The SMILES string of the molecule is COC(=O)[C@@H]1C[C@]2(CCc3c(c(C(F)F)nc4ccc(OC)cc34)O2)CN1C(=O)OC(C)(C)C. The molecule has 3 heterocycles.